The van der Waals surface area contributed by atoms with E-state index in [9.17, 15) is 4.79 Å². The lowest BCUT2D eigenvalue weighted by atomic mass is 10.1. The Kier molecular flexibility index (Phi) is 2.77. The molecular weight excluding hydrogens is 252 g/mol. The van der Waals surface area contributed by atoms with Crippen LogP contribution in [0.15, 0.2) is 42.5 Å². The number of nitrogen functional groups attached to an aromatic ring is 1. The van der Waals surface area contributed by atoms with Gasteiger partial charge in [0.15, 0.2) is 0 Å². The second-order valence-corrected chi connectivity index (χ2v) is 4.57. The standard InChI is InChI=1S/C15H12N4O/c16-8-10-4-5-14-13(6-10)18-15(20)9-19(14)12-3-1-2-11(17)7-12/h1-7H,9,17H2,(H,18,20). The maximum absolute atomic E-state index is 11.8. The molecule has 0 saturated heterocycles. The largest absolute Gasteiger partial charge is 0.399 e. The molecule has 2 aromatic rings. The number of benzene rings is 2. The van der Waals surface area contributed by atoms with Crippen molar-refractivity contribution < 1.29 is 4.79 Å². The second kappa shape index (κ2) is 4.59. The summed E-state index contributed by atoms with van der Waals surface area (Å²) in [5.41, 5.74) is 9.30. The number of nitrogens with two attached hydrogens (primary N) is 1. The predicted octanol–water partition coefficient (Wildman–Crippen LogP) is 2.23. The van der Waals surface area contributed by atoms with Gasteiger partial charge in [-0.25, -0.2) is 0 Å². The van der Waals surface area contributed by atoms with Crippen molar-refractivity contribution in [1.29, 1.82) is 5.26 Å². The normalized spacial score (nSPS) is 13.3. The first-order chi connectivity index (χ1) is 9.67. The number of hydrogen-bond donors (Lipinski definition) is 2. The number of rotatable bonds is 1. The molecule has 1 aliphatic rings. The zero-order valence-electron chi connectivity index (χ0n) is 10.6. The summed E-state index contributed by atoms with van der Waals surface area (Å²) in [6.45, 7) is 0.225. The van der Waals surface area contributed by atoms with Crippen molar-refractivity contribution in [3.63, 3.8) is 0 Å². The molecule has 0 aliphatic carbocycles. The van der Waals surface area contributed by atoms with Crippen LogP contribution in [0.4, 0.5) is 22.7 Å². The van der Waals surface area contributed by atoms with Gasteiger partial charge in [0.1, 0.15) is 6.54 Å². The fraction of sp³-hybridized carbons (Fsp3) is 0.0667. The molecule has 0 fully saturated rings. The zero-order valence-corrected chi connectivity index (χ0v) is 10.6. The lowest BCUT2D eigenvalue weighted by Crippen LogP contribution is -2.35. The summed E-state index contributed by atoms with van der Waals surface area (Å²) in [7, 11) is 0. The Morgan fingerprint density at radius 3 is 2.85 bits per heavy atom. The third-order valence-corrected chi connectivity index (χ3v) is 3.17. The Morgan fingerprint density at radius 2 is 2.10 bits per heavy atom. The molecule has 1 amide bonds. The molecule has 5 nitrogen and oxygen atoms in total. The molecule has 0 saturated carbocycles. The van der Waals surface area contributed by atoms with Crippen LogP contribution in [0, 0.1) is 11.3 Å². The van der Waals surface area contributed by atoms with E-state index in [-0.39, 0.29) is 12.5 Å². The summed E-state index contributed by atoms with van der Waals surface area (Å²) < 4.78 is 0. The van der Waals surface area contributed by atoms with E-state index < -0.39 is 0 Å². The molecule has 0 atom stereocenters. The summed E-state index contributed by atoms with van der Waals surface area (Å²) in [6, 6.07) is 14.7. The monoisotopic (exact) mass is 264 g/mol. The van der Waals surface area contributed by atoms with E-state index in [1.807, 2.05) is 29.2 Å². The van der Waals surface area contributed by atoms with Gasteiger partial charge >= 0.3 is 0 Å². The topological polar surface area (TPSA) is 82.2 Å². The smallest absolute Gasteiger partial charge is 0.244 e. The van der Waals surface area contributed by atoms with Gasteiger partial charge in [0.05, 0.1) is 23.0 Å². The van der Waals surface area contributed by atoms with Crippen LogP contribution in [0.1, 0.15) is 5.56 Å². The summed E-state index contributed by atoms with van der Waals surface area (Å²) in [5, 5.41) is 11.7. The van der Waals surface area contributed by atoms with E-state index >= 15 is 0 Å². The fourth-order valence-corrected chi connectivity index (χ4v) is 2.28. The van der Waals surface area contributed by atoms with Gasteiger partial charge < -0.3 is 16.0 Å². The SMILES string of the molecule is N#Cc1ccc2c(c1)NC(=O)CN2c1cccc(N)c1. The van der Waals surface area contributed by atoms with Gasteiger partial charge in [-0.1, -0.05) is 6.07 Å². The van der Waals surface area contributed by atoms with Crippen molar-refractivity contribution >= 4 is 28.7 Å². The molecule has 2 aromatic carbocycles. The molecule has 20 heavy (non-hydrogen) atoms. The van der Waals surface area contributed by atoms with Crippen LogP contribution in [-0.4, -0.2) is 12.5 Å². The number of carbonyl (C=O) groups excluding carboxylic acids is 1. The average molecular weight is 264 g/mol. The second-order valence-electron chi connectivity index (χ2n) is 4.57. The highest BCUT2D eigenvalue weighted by atomic mass is 16.2. The molecule has 3 rings (SSSR count). The van der Waals surface area contributed by atoms with Crippen molar-refractivity contribution in [2.24, 2.45) is 0 Å². The van der Waals surface area contributed by atoms with Crippen molar-refractivity contribution in [3.8, 4) is 6.07 Å². The van der Waals surface area contributed by atoms with Crippen molar-refractivity contribution in [3.05, 3.63) is 48.0 Å². The minimum atomic E-state index is -0.116. The average Bonchev–Trinajstić information content (AvgIpc) is 2.45. The molecule has 0 spiro atoms. The van der Waals surface area contributed by atoms with Crippen LogP contribution in [0.25, 0.3) is 0 Å². The number of fused-ring (bicyclic) bond motifs is 1. The Hall–Kier alpha value is -3.00. The molecule has 98 valence electrons. The van der Waals surface area contributed by atoms with Crippen LogP contribution < -0.4 is 16.0 Å². The molecule has 0 aromatic heterocycles. The number of anilines is 4. The molecule has 1 aliphatic heterocycles. The predicted molar refractivity (Wildman–Crippen MR) is 77.6 cm³/mol. The van der Waals surface area contributed by atoms with E-state index in [0.717, 1.165) is 11.4 Å². The number of nitrogens with one attached hydrogen (secondary N) is 1. The van der Waals surface area contributed by atoms with E-state index in [1.165, 1.54) is 0 Å². The Balaban J connectivity index is 2.11. The third-order valence-electron chi connectivity index (χ3n) is 3.17. The first kappa shape index (κ1) is 12.1. The molecule has 0 unspecified atom stereocenters. The van der Waals surface area contributed by atoms with E-state index in [4.69, 9.17) is 11.0 Å². The highest BCUT2D eigenvalue weighted by Crippen LogP contribution is 2.36. The number of carbonyl (C=O) groups is 1. The van der Waals surface area contributed by atoms with Gasteiger partial charge in [0, 0.05) is 11.4 Å². The Bertz CT molecular complexity index is 733. The minimum absolute atomic E-state index is 0.116. The number of amides is 1. The number of hydrogen-bond acceptors (Lipinski definition) is 4. The van der Waals surface area contributed by atoms with Gasteiger partial charge in [-0.05, 0) is 36.4 Å². The lowest BCUT2D eigenvalue weighted by Gasteiger charge is -2.31. The molecule has 0 bridgehead atoms. The van der Waals surface area contributed by atoms with Gasteiger partial charge in [-0.15, -0.1) is 0 Å². The van der Waals surface area contributed by atoms with Crippen molar-refractivity contribution in [2.75, 3.05) is 22.5 Å². The third kappa shape index (κ3) is 2.04. The molecule has 1 heterocycles. The number of nitriles is 1. The van der Waals surface area contributed by atoms with E-state index in [0.29, 0.717) is 16.9 Å². The van der Waals surface area contributed by atoms with Crippen molar-refractivity contribution in [2.45, 2.75) is 0 Å². The van der Waals surface area contributed by atoms with Crippen LogP contribution in [0.3, 0.4) is 0 Å². The van der Waals surface area contributed by atoms with E-state index in [1.54, 1.807) is 18.2 Å². The summed E-state index contributed by atoms with van der Waals surface area (Å²) >= 11 is 0. The first-order valence-electron chi connectivity index (χ1n) is 6.14. The van der Waals surface area contributed by atoms with Gasteiger partial charge in [-0.2, -0.15) is 5.26 Å². The first-order valence-corrected chi connectivity index (χ1v) is 6.14. The lowest BCUT2D eigenvalue weighted by molar-refractivity contribution is -0.115. The van der Waals surface area contributed by atoms with Crippen LogP contribution in [-0.2, 0) is 4.79 Å². The van der Waals surface area contributed by atoms with Gasteiger partial charge in [0.25, 0.3) is 0 Å². The maximum Gasteiger partial charge on any atom is 0.244 e. The summed E-state index contributed by atoms with van der Waals surface area (Å²) in [6.07, 6.45) is 0. The molecule has 5 heteroatoms. The highest BCUT2D eigenvalue weighted by molar-refractivity contribution is 6.03. The summed E-state index contributed by atoms with van der Waals surface area (Å²) in [5.74, 6) is -0.116. The highest BCUT2D eigenvalue weighted by Gasteiger charge is 2.23. The molecule has 0 radical (unpaired) electrons. The Labute approximate surface area is 116 Å². The number of nitrogens with zero attached hydrogens (tertiary/aromatic N) is 2. The Morgan fingerprint density at radius 1 is 1.25 bits per heavy atom. The minimum Gasteiger partial charge on any atom is -0.399 e. The van der Waals surface area contributed by atoms with Gasteiger partial charge in [-0.3, -0.25) is 4.79 Å². The van der Waals surface area contributed by atoms with Crippen LogP contribution in [0.2, 0.25) is 0 Å². The quantitative estimate of drug-likeness (QED) is 0.774. The fourth-order valence-electron chi connectivity index (χ4n) is 2.28. The van der Waals surface area contributed by atoms with Crippen molar-refractivity contribution in [1.82, 2.24) is 0 Å². The summed E-state index contributed by atoms with van der Waals surface area (Å²) in [4.78, 5) is 13.7. The van der Waals surface area contributed by atoms with E-state index in [2.05, 4.69) is 11.4 Å². The van der Waals surface area contributed by atoms with Crippen LogP contribution >= 0.6 is 0 Å². The molecular formula is C15H12N4O. The zero-order chi connectivity index (χ0) is 14.1. The van der Waals surface area contributed by atoms with Crippen LogP contribution in [0.5, 0.6) is 0 Å². The van der Waals surface area contributed by atoms with Gasteiger partial charge in [0.2, 0.25) is 5.91 Å². The maximum atomic E-state index is 11.8. The molecule has 3 N–H and O–H groups in total.